The maximum absolute atomic E-state index is 5.28. The van der Waals surface area contributed by atoms with Crippen molar-refractivity contribution in [2.24, 2.45) is 0 Å². The summed E-state index contributed by atoms with van der Waals surface area (Å²) in [6.07, 6.45) is 0. The van der Waals surface area contributed by atoms with Crippen LogP contribution in [0, 0.1) is 0 Å². The minimum absolute atomic E-state index is 0. The summed E-state index contributed by atoms with van der Waals surface area (Å²) in [5.41, 5.74) is 0. The molecule has 0 aromatic carbocycles. The molecule has 0 heterocycles. The van der Waals surface area contributed by atoms with E-state index < -0.39 is 2.72 Å². The third-order valence-corrected chi connectivity index (χ3v) is 0. The molecule has 0 saturated carbocycles. The van der Waals surface area contributed by atoms with E-state index in [0.717, 1.165) is 0 Å². The molecule has 0 aromatic rings. The number of hydrogen-bond acceptors (Lipinski definition) is 2. The zero-order valence-corrected chi connectivity index (χ0v) is 7.77. The molecule has 0 atom stereocenters. The molecule has 0 aromatic heterocycles. The van der Waals surface area contributed by atoms with E-state index in [1.54, 1.807) is 6.92 Å². The van der Waals surface area contributed by atoms with Crippen molar-refractivity contribution in [3.8, 4) is 0 Å². The van der Waals surface area contributed by atoms with E-state index in [9.17, 15) is 0 Å². The zero-order chi connectivity index (χ0) is 4.50. The zero-order valence-electron chi connectivity index (χ0n) is 3.99. The molecule has 7 heavy (non-hydrogen) atoms. The fourth-order valence-corrected chi connectivity index (χ4v) is 0. The maximum Gasteiger partial charge on any atom is -0.344 e. The van der Waals surface area contributed by atoms with Gasteiger partial charge in [0.05, 0.1) is 0 Å². The van der Waals surface area contributed by atoms with Crippen LogP contribution >= 0.6 is 23.2 Å². The summed E-state index contributed by atoms with van der Waals surface area (Å²) >= 11 is 12.5. The summed E-state index contributed by atoms with van der Waals surface area (Å²) in [4.78, 5) is 0. The van der Waals surface area contributed by atoms with Crippen molar-refractivity contribution in [2.75, 3.05) is 0 Å². The minimum Gasteiger partial charge on any atom is -0.344 e. The Morgan fingerprint density at radius 1 is 1.29 bits per heavy atom. The normalized spacial score (nSPS) is 8.71. The van der Waals surface area contributed by atoms with Crippen LogP contribution in [0.1, 0.15) is 6.92 Å². The van der Waals surface area contributed by atoms with E-state index in [4.69, 9.17) is 23.2 Å². The van der Waals surface area contributed by atoms with E-state index in [2.05, 4.69) is 0 Å². The van der Waals surface area contributed by atoms with Crippen molar-refractivity contribution in [3.05, 3.63) is 0 Å². The Labute approximate surface area is 65.0 Å². The molecule has 0 spiro atoms. The van der Waals surface area contributed by atoms with Crippen molar-refractivity contribution >= 4 is 23.2 Å². The number of halogens is 2. The van der Waals surface area contributed by atoms with Gasteiger partial charge in [-0.25, -0.2) is 0 Å². The van der Waals surface area contributed by atoms with Crippen LogP contribution in [0.25, 0.3) is 0 Å². The van der Waals surface area contributed by atoms with Crippen LogP contribution in [0.2, 0.25) is 0 Å². The van der Waals surface area contributed by atoms with Gasteiger partial charge >= 0.3 is 52.7 Å². The summed E-state index contributed by atoms with van der Waals surface area (Å²) < 4.78 is -0.583. The first-order chi connectivity index (χ1) is 2.00. The van der Waals surface area contributed by atoms with Crippen LogP contribution < -0.4 is 12.3 Å². The third-order valence-electron chi connectivity index (χ3n) is 0. The minimum atomic E-state index is -0.583. The molecule has 2 nitrogen and oxygen atoms in total. The summed E-state index contributed by atoms with van der Waals surface area (Å²) in [5.74, 6) is 0. The van der Waals surface area contributed by atoms with Gasteiger partial charge in [0.25, 0.3) is 0 Å². The third kappa shape index (κ3) is 137. The summed E-state index contributed by atoms with van der Waals surface area (Å²) in [5, 5.41) is 0. The molecule has 0 aliphatic carbocycles. The van der Waals surface area contributed by atoms with E-state index >= 15 is 0 Å². The Morgan fingerprint density at radius 3 is 1.29 bits per heavy atom. The van der Waals surface area contributed by atoms with Crippen LogP contribution in [-0.4, -0.2) is 2.72 Å². The van der Waals surface area contributed by atoms with Gasteiger partial charge in [0.15, 0.2) is 0 Å². The van der Waals surface area contributed by atoms with Gasteiger partial charge in [-0.2, -0.15) is 0 Å². The summed E-state index contributed by atoms with van der Waals surface area (Å²) in [7, 11) is 0. The van der Waals surface area contributed by atoms with E-state index in [-0.39, 0.29) is 12.3 Å². The Balaban J connectivity index is -0.0000000800. The molecule has 0 aliphatic heterocycles. The topological polar surface area (TPSA) is 70.0 Å². The Morgan fingerprint density at radius 2 is 1.29 bits per heavy atom. The monoisotopic (exact) mass is 326 g/mol. The molecule has 5 heteroatoms. The molecule has 0 radical (unpaired) electrons. The second-order valence-electron chi connectivity index (χ2n) is 0.727. The van der Waals surface area contributed by atoms with Gasteiger partial charge in [-0.1, -0.05) is 0 Å². The Kier molecular flexibility index (Phi) is 12.0. The molecule has 0 rings (SSSR count). The first-order valence-electron chi connectivity index (χ1n) is 1.04. The molecule has 0 aliphatic rings. The second kappa shape index (κ2) is 5.33. The van der Waals surface area contributed by atoms with Crippen molar-refractivity contribution in [1.29, 1.82) is 0 Å². The van der Waals surface area contributed by atoms with Gasteiger partial charge in [-0.05, 0) is 0 Å². The van der Waals surface area contributed by atoms with Gasteiger partial charge in [-0.15, -0.1) is 0 Å². The predicted octanol–water partition coefficient (Wildman–Crippen LogP) is 2.01. The van der Waals surface area contributed by atoms with Gasteiger partial charge in [0.1, 0.15) is 0 Å². The van der Waals surface area contributed by atoms with Gasteiger partial charge in [-0.3, -0.25) is 0 Å². The molecule has 0 saturated heterocycles. The van der Waals surface area contributed by atoms with Crippen molar-refractivity contribution in [2.45, 2.75) is 9.65 Å². The Bertz CT molecular complexity index is 29.2. The summed E-state index contributed by atoms with van der Waals surface area (Å²) in [6.45, 7) is 1.71. The van der Waals surface area contributed by atoms with Gasteiger partial charge in [0, 0.05) is 0 Å². The molecule has 0 amide bonds. The van der Waals surface area contributed by atoms with Crippen LogP contribution in [0.5, 0.6) is 0 Å². The van der Waals surface area contributed by atoms with Crippen LogP contribution in [0.4, 0.5) is 0 Å². The quantitative estimate of drug-likeness (QED) is 0.668. The van der Waals surface area contributed by atoms with Crippen LogP contribution in [-0.2, 0) is 19.8 Å². The maximum atomic E-state index is 5.28. The molecule has 6 N–H and O–H groups in total. The molecule has 51 valence electrons. The Hall–Kier alpha value is 1.19. The second-order valence-corrected chi connectivity index (χ2v) is 6.01. The SMILES string of the molecule is C[C](Cl)(Cl)[Pt].N.N. The van der Waals surface area contributed by atoms with Gasteiger partial charge < -0.3 is 12.3 Å². The standard InChI is InChI=1S/C2H3Cl2.2H3N.Pt/c1-2(3)4;;;/h1H3;2*1H3;. The van der Waals surface area contributed by atoms with Crippen LogP contribution in [0.15, 0.2) is 0 Å². The van der Waals surface area contributed by atoms with E-state index in [1.165, 1.54) is 0 Å². The fraction of sp³-hybridized carbons (Fsp3) is 1.00. The molecular formula is C2H9Cl2N2Pt. The van der Waals surface area contributed by atoms with Gasteiger partial charge in [0.2, 0.25) is 0 Å². The first-order valence-corrected chi connectivity index (χ1v) is 2.93. The average Bonchev–Trinajstić information content (AvgIpc) is 0.722. The van der Waals surface area contributed by atoms with Crippen molar-refractivity contribution in [1.82, 2.24) is 12.3 Å². The number of hydrogen-bond donors (Lipinski definition) is 2. The number of rotatable bonds is 0. The molecule has 0 bridgehead atoms. The van der Waals surface area contributed by atoms with Crippen LogP contribution in [0.3, 0.4) is 0 Å². The molecule has 0 fully saturated rings. The predicted molar refractivity (Wildman–Crippen MR) is 30.2 cm³/mol. The van der Waals surface area contributed by atoms with Crippen molar-refractivity contribution < 1.29 is 19.8 Å². The van der Waals surface area contributed by atoms with Crippen molar-refractivity contribution in [3.63, 3.8) is 0 Å². The number of alkyl halides is 2. The molecule has 0 unspecified atom stereocenters. The fourth-order valence-electron chi connectivity index (χ4n) is 0. The first kappa shape index (κ1) is 15.7. The molecular weight excluding hydrogens is 318 g/mol. The largest absolute Gasteiger partial charge is 0.344 e. The average molecular weight is 327 g/mol. The summed E-state index contributed by atoms with van der Waals surface area (Å²) in [6, 6.07) is 0. The smallest absolute Gasteiger partial charge is 0.344 e. The van der Waals surface area contributed by atoms with E-state index in [0.29, 0.717) is 0 Å². The van der Waals surface area contributed by atoms with E-state index in [1.807, 2.05) is 19.8 Å².